The Labute approximate surface area is 124 Å². The second kappa shape index (κ2) is 7.61. The average Bonchev–Trinajstić information content (AvgIpc) is 2.40. The lowest BCUT2D eigenvalue weighted by molar-refractivity contribution is 1.20. The van der Waals surface area contributed by atoms with E-state index < -0.39 is 0 Å². The first-order valence-corrected chi connectivity index (χ1v) is 8.21. The number of thioether (sulfide) groups is 2. The molecule has 1 aliphatic rings. The third-order valence-corrected chi connectivity index (χ3v) is 4.89. The van der Waals surface area contributed by atoms with Crippen molar-refractivity contribution in [3.8, 4) is 0 Å². The predicted molar refractivity (Wildman–Crippen MR) is 89.3 cm³/mol. The minimum absolute atomic E-state index is 0.475. The molecule has 0 spiro atoms. The van der Waals surface area contributed by atoms with E-state index in [9.17, 15) is 0 Å². The van der Waals surface area contributed by atoms with Crippen LogP contribution in [0.3, 0.4) is 0 Å². The summed E-state index contributed by atoms with van der Waals surface area (Å²) >= 11 is 3.60. The summed E-state index contributed by atoms with van der Waals surface area (Å²) in [7, 11) is 0. The number of aryl methyl sites for hydroxylation is 1. The molecule has 0 radical (unpaired) electrons. The Hall–Kier alpha value is -0.930. The number of hydrogen-bond donors (Lipinski definition) is 0. The molecule has 1 atom stereocenters. The topological polar surface area (TPSA) is 12.4 Å². The lowest BCUT2D eigenvalue weighted by Gasteiger charge is -2.10. The maximum absolute atomic E-state index is 4.67. The smallest absolute Gasteiger partial charge is 0.130 e. The van der Waals surface area contributed by atoms with Gasteiger partial charge in [-0.05, 0) is 32.4 Å². The number of hydrogen-bond acceptors (Lipinski definition) is 3. The maximum Gasteiger partial charge on any atom is 0.130 e. The molecule has 0 saturated heterocycles. The van der Waals surface area contributed by atoms with Crippen molar-refractivity contribution in [3.05, 3.63) is 54.1 Å². The molecule has 0 bridgehead atoms. The SMILES string of the molecule is Cc1ccc(SC2=NC/C=C\C/C=C\C(C)S2)cc1. The number of nitrogens with zero attached hydrogens (tertiary/aromatic N) is 1. The molecule has 19 heavy (non-hydrogen) atoms. The molecule has 1 aromatic carbocycles. The first-order chi connectivity index (χ1) is 9.24. The number of allylic oxidation sites excluding steroid dienone is 2. The van der Waals surface area contributed by atoms with Crippen LogP contribution in [0.15, 0.2) is 58.5 Å². The first kappa shape index (κ1) is 14.5. The van der Waals surface area contributed by atoms with Gasteiger partial charge in [-0.3, -0.25) is 4.99 Å². The van der Waals surface area contributed by atoms with Gasteiger partial charge in [-0.15, -0.1) is 0 Å². The van der Waals surface area contributed by atoms with Gasteiger partial charge in [0.05, 0.1) is 6.54 Å². The van der Waals surface area contributed by atoms with Crippen molar-refractivity contribution in [1.29, 1.82) is 0 Å². The lowest BCUT2D eigenvalue weighted by atomic mass is 10.2. The highest BCUT2D eigenvalue weighted by Gasteiger charge is 2.08. The van der Waals surface area contributed by atoms with Gasteiger partial charge in [-0.1, -0.05) is 65.5 Å². The molecular formula is C16H19NS2. The Balaban J connectivity index is 2.09. The summed E-state index contributed by atoms with van der Waals surface area (Å²) in [5.74, 6) is 0. The van der Waals surface area contributed by atoms with E-state index in [-0.39, 0.29) is 0 Å². The van der Waals surface area contributed by atoms with Gasteiger partial charge < -0.3 is 0 Å². The summed E-state index contributed by atoms with van der Waals surface area (Å²) in [6.07, 6.45) is 9.81. The molecule has 0 saturated carbocycles. The quantitative estimate of drug-likeness (QED) is 0.668. The molecule has 2 rings (SSSR count). The Bertz CT molecular complexity index is 486. The second-order valence-electron chi connectivity index (χ2n) is 4.48. The summed E-state index contributed by atoms with van der Waals surface area (Å²) in [5.41, 5.74) is 1.30. The van der Waals surface area contributed by atoms with E-state index in [1.807, 2.05) is 11.8 Å². The van der Waals surface area contributed by atoms with Gasteiger partial charge in [-0.2, -0.15) is 0 Å². The van der Waals surface area contributed by atoms with Crippen LogP contribution in [0.2, 0.25) is 0 Å². The molecule has 1 heterocycles. The van der Waals surface area contributed by atoms with Gasteiger partial charge >= 0.3 is 0 Å². The molecule has 1 unspecified atom stereocenters. The molecular weight excluding hydrogens is 270 g/mol. The zero-order valence-electron chi connectivity index (χ0n) is 11.4. The van der Waals surface area contributed by atoms with Crippen LogP contribution in [0, 0.1) is 6.92 Å². The van der Waals surface area contributed by atoms with Gasteiger partial charge in [0.15, 0.2) is 0 Å². The summed E-state index contributed by atoms with van der Waals surface area (Å²) in [6.45, 7) is 5.11. The largest absolute Gasteiger partial charge is 0.267 e. The van der Waals surface area contributed by atoms with Crippen LogP contribution < -0.4 is 0 Å². The average molecular weight is 289 g/mol. The van der Waals surface area contributed by atoms with Crippen molar-refractivity contribution in [2.75, 3.05) is 6.54 Å². The summed E-state index contributed by atoms with van der Waals surface area (Å²) in [6, 6.07) is 8.63. The maximum atomic E-state index is 4.67. The van der Waals surface area contributed by atoms with E-state index in [1.54, 1.807) is 11.8 Å². The fraction of sp³-hybridized carbons (Fsp3) is 0.312. The van der Waals surface area contributed by atoms with Crippen molar-refractivity contribution in [2.24, 2.45) is 4.99 Å². The van der Waals surface area contributed by atoms with Crippen LogP contribution in [0.1, 0.15) is 18.9 Å². The lowest BCUT2D eigenvalue weighted by Crippen LogP contribution is -1.98. The minimum Gasteiger partial charge on any atom is -0.267 e. The van der Waals surface area contributed by atoms with E-state index in [0.29, 0.717) is 5.25 Å². The molecule has 3 heteroatoms. The molecule has 0 fully saturated rings. The molecule has 1 aromatic rings. The highest BCUT2D eigenvalue weighted by molar-refractivity contribution is 8.39. The molecule has 0 amide bonds. The predicted octanol–water partition coefficient (Wildman–Crippen LogP) is 5.08. The Kier molecular flexibility index (Phi) is 5.80. The Morgan fingerprint density at radius 2 is 1.95 bits per heavy atom. The highest BCUT2D eigenvalue weighted by Crippen LogP contribution is 2.29. The third kappa shape index (κ3) is 5.29. The normalized spacial score (nSPS) is 23.5. The van der Waals surface area contributed by atoms with E-state index >= 15 is 0 Å². The number of rotatable bonds is 1. The van der Waals surface area contributed by atoms with Crippen molar-refractivity contribution in [1.82, 2.24) is 0 Å². The van der Waals surface area contributed by atoms with E-state index in [1.165, 1.54) is 10.5 Å². The number of aliphatic imine (C=N–C) groups is 1. The Morgan fingerprint density at radius 3 is 2.74 bits per heavy atom. The molecule has 0 N–H and O–H groups in total. The Morgan fingerprint density at radius 1 is 1.16 bits per heavy atom. The van der Waals surface area contributed by atoms with Gasteiger partial charge in [0, 0.05) is 10.1 Å². The van der Waals surface area contributed by atoms with Gasteiger partial charge in [0.2, 0.25) is 0 Å². The van der Waals surface area contributed by atoms with Crippen molar-refractivity contribution in [2.45, 2.75) is 30.4 Å². The van der Waals surface area contributed by atoms with Crippen LogP contribution in [0.5, 0.6) is 0 Å². The fourth-order valence-electron chi connectivity index (χ4n) is 1.65. The van der Waals surface area contributed by atoms with E-state index in [2.05, 4.69) is 67.4 Å². The fourth-order valence-corrected chi connectivity index (χ4v) is 3.85. The monoisotopic (exact) mass is 289 g/mol. The molecule has 0 aromatic heterocycles. The number of benzene rings is 1. The summed E-state index contributed by atoms with van der Waals surface area (Å²) in [4.78, 5) is 5.93. The standard InChI is InChI=1S/C16H19NS2/c1-13-8-10-15(11-9-13)19-16-17-12-6-4-3-5-7-14(2)18-16/h4-11,14H,3,12H2,1-2H3/b6-4-,7-5-,17-16?. The van der Waals surface area contributed by atoms with Crippen LogP contribution in [0.25, 0.3) is 0 Å². The van der Waals surface area contributed by atoms with Crippen LogP contribution >= 0.6 is 23.5 Å². The zero-order valence-corrected chi connectivity index (χ0v) is 13.0. The zero-order chi connectivity index (χ0) is 13.5. The highest BCUT2D eigenvalue weighted by atomic mass is 32.2. The van der Waals surface area contributed by atoms with Gasteiger partial charge in [-0.25, -0.2) is 0 Å². The second-order valence-corrected chi connectivity index (χ2v) is 7.17. The molecule has 0 aliphatic carbocycles. The van der Waals surface area contributed by atoms with Crippen molar-refractivity contribution < 1.29 is 0 Å². The van der Waals surface area contributed by atoms with Crippen LogP contribution in [-0.4, -0.2) is 16.2 Å². The molecule has 1 nitrogen and oxygen atoms in total. The van der Waals surface area contributed by atoms with Crippen molar-refractivity contribution >= 4 is 27.9 Å². The van der Waals surface area contributed by atoms with Crippen LogP contribution in [0.4, 0.5) is 0 Å². The molecule has 100 valence electrons. The minimum atomic E-state index is 0.475. The summed E-state index contributed by atoms with van der Waals surface area (Å²) < 4.78 is 1.15. The van der Waals surface area contributed by atoms with Gasteiger partial charge in [0.1, 0.15) is 4.38 Å². The van der Waals surface area contributed by atoms with E-state index in [4.69, 9.17) is 0 Å². The van der Waals surface area contributed by atoms with Crippen molar-refractivity contribution in [3.63, 3.8) is 0 Å². The van der Waals surface area contributed by atoms with E-state index in [0.717, 1.165) is 17.3 Å². The molecule has 1 aliphatic heterocycles. The first-order valence-electron chi connectivity index (χ1n) is 6.51. The third-order valence-electron chi connectivity index (χ3n) is 2.68. The summed E-state index contributed by atoms with van der Waals surface area (Å²) in [5, 5.41) is 0.475. The van der Waals surface area contributed by atoms with Crippen LogP contribution in [-0.2, 0) is 0 Å². The van der Waals surface area contributed by atoms with Gasteiger partial charge in [0.25, 0.3) is 0 Å².